The highest BCUT2D eigenvalue weighted by molar-refractivity contribution is 5.94. The van der Waals surface area contributed by atoms with Crippen molar-refractivity contribution >= 4 is 5.91 Å². The molecule has 0 radical (unpaired) electrons. The van der Waals surface area contributed by atoms with Gasteiger partial charge >= 0.3 is 6.18 Å². The fourth-order valence-corrected chi connectivity index (χ4v) is 2.42. The van der Waals surface area contributed by atoms with Crippen LogP contribution in [-0.2, 0) is 0 Å². The summed E-state index contributed by atoms with van der Waals surface area (Å²) in [5.41, 5.74) is 2.75. The molecule has 0 aromatic heterocycles. The summed E-state index contributed by atoms with van der Waals surface area (Å²) in [6, 6.07) is 5.50. The van der Waals surface area contributed by atoms with Gasteiger partial charge in [0.15, 0.2) is 0 Å². The topological polar surface area (TPSA) is 23.6 Å². The second kappa shape index (κ2) is 6.05. The number of rotatable bonds is 2. The highest BCUT2D eigenvalue weighted by Crippen LogP contribution is 2.18. The first-order chi connectivity index (χ1) is 9.76. The largest absolute Gasteiger partial charge is 0.401 e. The molecule has 0 saturated carbocycles. The average Bonchev–Trinajstić information content (AvgIpc) is 2.40. The molecule has 1 fully saturated rings. The van der Waals surface area contributed by atoms with E-state index in [1.54, 1.807) is 11.0 Å². The third kappa shape index (κ3) is 4.20. The van der Waals surface area contributed by atoms with Gasteiger partial charge in [-0.05, 0) is 37.1 Å². The normalized spacial score (nSPS) is 17.1. The summed E-state index contributed by atoms with van der Waals surface area (Å²) in [5, 5.41) is 0. The Morgan fingerprint density at radius 3 is 2.24 bits per heavy atom. The molecule has 0 N–H and O–H groups in total. The van der Waals surface area contributed by atoms with Gasteiger partial charge in [0, 0.05) is 31.7 Å². The number of halogens is 3. The van der Waals surface area contributed by atoms with E-state index in [0.29, 0.717) is 18.7 Å². The number of amides is 1. The zero-order valence-corrected chi connectivity index (χ0v) is 12.2. The Balaban J connectivity index is 1.95. The lowest BCUT2D eigenvalue weighted by Crippen LogP contribution is -2.50. The molecule has 1 aliphatic heterocycles. The van der Waals surface area contributed by atoms with Gasteiger partial charge in [-0.25, -0.2) is 0 Å². The average molecular weight is 300 g/mol. The van der Waals surface area contributed by atoms with E-state index in [1.165, 1.54) is 4.90 Å². The number of benzene rings is 1. The Bertz CT molecular complexity index is 520. The summed E-state index contributed by atoms with van der Waals surface area (Å²) in [4.78, 5) is 15.3. The highest BCUT2D eigenvalue weighted by Gasteiger charge is 2.32. The number of hydrogen-bond acceptors (Lipinski definition) is 2. The highest BCUT2D eigenvalue weighted by atomic mass is 19.4. The molecule has 6 heteroatoms. The van der Waals surface area contributed by atoms with Crippen LogP contribution in [0.25, 0.3) is 0 Å². The number of nitrogens with zero attached hydrogens (tertiary/aromatic N) is 2. The third-order valence-electron chi connectivity index (χ3n) is 3.82. The van der Waals surface area contributed by atoms with Crippen LogP contribution in [0.3, 0.4) is 0 Å². The van der Waals surface area contributed by atoms with Crippen LogP contribution in [0.4, 0.5) is 13.2 Å². The number of carbonyl (C=O) groups excluding carboxylic acids is 1. The number of alkyl halides is 3. The van der Waals surface area contributed by atoms with Crippen molar-refractivity contribution in [3.05, 3.63) is 34.9 Å². The predicted octanol–water partition coefficient (Wildman–Crippen LogP) is 2.62. The number of hydrogen-bond donors (Lipinski definition) is 0. The maximum atomic E-state index is 12.3. The minimum absolute atomic E-state index is 0.107. The molecule has 1 saturated heterocycles. The molecule has 2 rings (SSSR count). The Morgan fingerprint density at radius 2 is 1.71 bits per heavy atom. The van der Waals surface area contributed by atoms with Crippen LogP contribution in [0.15, 0.2) is 18.2 Å². The molecule has 3 nitrogen and oxygen atoms in total. The number of carbonyl (C=O) groups is 1. The van der Waals surface area contributed by atoms with E-state index in [0.717, 1.165) is 11.1 Å². The summed E-state index contributed by atoms with van der Waals surface area (Å²) >= 11 is 0. The van der Waals surface area contributed by atoms with Gasteiger partial charge in [-0.15, -0.1) is 0 Å². The number of aryl methyl sites for hydroxylation is 2. The monoisotopic (exact) mass is 300 g/mol. The van der Waals surface area contributed by atoms with Crippen LogP contribution in [0.2, 0.25) is 0 Å². The molecule has 1 aromatic carbocycles. The molecule has 1 heterocycles. The fraction of sp³-hybridized carbons (Fsp3) is 0.533. The molecule has 1 aromatic rings. The van der Waals surface area contributed by atoms with Gasteiger partial charge in [-0.3, -0.25) is 9.69 Å². The molecular weight excluding hydrogens is 281 g/mol. The van der Waals surface area contributed by atoms with Gasteiger partial charge in [0.2, 0.25) is 0 Å². The lowest BCUT2D eigenvalue weighted by Gasteiger charge is -2.35. The van der Waals surface area contributed by atoms with Crippen LogP contribution < -0.4 is 0 Å². The van der Waals surface area contributed by atoms with Gasteiger partial charge in [0.25, 0.3) is 5.91 Å². The Kier molecular flexibility index (Phi) is 4.56. The molecule has 0 bridgehead atoms. The minimum atomic E-state index is -4.18. The van der Waals surface area contributed by atoms with Crippen molar-refractivity contribution in [2.45, 2.75) is 20.0 Å². The lowest BCUT2D eigenvalue weighted by atomic mass is 10.1. The van der Waals surface area contributed by atoms with E-state index in [2.05, 4.69) is 0 Å². The smallest absolute Gasteiger partial charge is 0.336 e. The van der Waals surface area contributed by atoms with E-state index >= 15 is 0 Å². The Morgan fingerprint density at radius 1 is 1.10 bits per heavy atom. The van der Waals surface area contributed by atoms with Gasteiger partial charge in [0.1, 0.15) is 0 Å². The summed E-state index contributed by atoms with van der Waals surface area (Å²) in [7, 11) is 0. The summed E-state index contributed by atoms with van der Waals surface area (Å²) in [6.45, 7) is 4.20. The molecule has 21 heavy (non-hydrogen) atoms. The molecule has 0 spiro atoms. The third-order valence-corrected chi connectivity index (χ3v) is 3.82. The van der Waals surface area contributed by atoms with E-state index in [9.17, 15) is 18.0 Å². The van der Waals surface area contributed by atoms with Crippen LogP contribution in [0.1, 0.15) is 21.5 Å². The molecule has 0 atom stereocenters. The van der Waals surface area contributed by atoms with Gasteiger partial charge < -0.3 is 4.90 Å². The van der Waals surface area contributed by atoms with Crippen LogP contribution in [-0.4, -0.2) is 54.6 Å². The maximum absolute atomic E-state index is 12.3. The Labute approximate surface area is 122 Å². The van der Waals surface area contributed by atoms with Crippen molar-refractivity contribution in [2.75, 3.05) is 32.7 Å². The second-order valence-corrected chi connectivity index (χ2v) is 5.48. The second-order valence-electron chi connectivity index (χ2n) is 5.48. The van der Waals surface area contributed by atoms with Crippen LogP contribution in [0, 0.1) is 13.8 Å². The molecule has 1 amide bonds. The lowest BCUT2D eigenvalue weighted by molar-refractivity contribution is -0.148. The van der Waals surface area contributed by atoms with E-state index in [1.807, 2.05) is 26.0 Å². The van der Waals surface area contributed by atoms with Crippen molar-refractivity contribution in [3.63, 3.8) is 0 Å². The molecule has 1 aliphatic rings. The molecule has 116 valence electrons. The summed E-state index contributed by atoms with van der Waals surface area (Å²) in [6.07, 6.45) is -4.18. The SMILES string of the molecule is Cc1ccc(C(=O)N2CCN(CC(F)(F)F)CC2)cc1C. The number of piperazine rings is 1. The first-order valence-electron chi connectivity index (χ1n) is 6.92. The van der Waals surface area contributed by atoms with Crippen molar-refractivity contribution in [2.24, 2.45) is 0 Å². The van der Waals surface area contributed by atoms with Gasteiger partial charge in [0.05, 0.1) is 6.54 Å². The quantitative estimate of drug-likeness (QED) is 0.838. The zero-order chi connectivity index (χ0) is 15.6. The van der Waals surface area contributed by atoms with E-state index < -0.39 is 12.7 Å². The predicted molar refractivity (Wildman–Crippen MR) is 74.3 cm³/mol. The van der Waals surface area contributed by atoms with E-state index in [4.69, 9.17) is 0 Å². The summed E-state index contributed by atoms with van der Waals surface area (Å²) in [5.74, 6) is -0.107. The zero-order valence-electron chi connectivity index (χ0n) is 12.2. The molecule has 0 unspecified atom stereocenters. The van der Waals surface area contributed by atoms with Crippen LogP contribution >= 0.6 is 0 Å². The first kappa shape index (κ1) is 15.8. The van der Waals surface area contributed by atoms with Crippen molar-refractivity contribution in [1.29, 1.82) is 0 Å². The van der Waals surface area contributed by atoms with Gasteiger partial charge in [-0.1, -0.05) is 6.07 Å². The summed E-state index contributed by atoms with van der Waals surface area (Å²) < 4.78 is 37.0. The standard InChI is InChI=1S/C15H19F3N2O/c1-11-3-4-13(9-12(11)2)14(21)20-7-5-19(6-8-20)10-15(16,17)18/h3-4,9H,5-8,10H2,1-2H3. The van der Waals surface area contributed by atoms with Crippen molar-refractivity contribution < 1.29 is 18.0 Å². The maximum Gasteiger partial charge on any atom is 0.401 e. The Hall–Kier alpha value is -1.56. The minimum Gasteiger partial charge on any atom is -0.336 e. The van der Waals surface area contributed by atoms with Crippen molar-refractivity contribution in [3.8, 4) is 0 Å². The van der Waals surface area contributed by atoms with Crippen molar-refractivity contribution in [1.82, 2.24) is 9.80 Å². The molecular formula is C15H19F3N2O. The van der Waals surface area contributed by atoms with E-state index in [-0.39, 0.29) is 19.0 Å². The molecule has 0 aliphatic carbocycles. The van der Waals surface area contributed by atoms with Gasteiger partial charge in [-0.2, -0.15) is 13.2 Å². The first-order valence-corrected chi connectivity index (χ1v) is 6.92. The fourth-order valence-electron chi connectivity index (χ4n) is 2.42. The van der Waals surface area contributed by atoms with Crippen LogP contribution in [0.5, 0.6) is 0 Å².